The zero-order valence-electron chi connectivity index (χ0n) is 25.1. The molecule has 12 heteroatoms. The molecule has 0 radical (unpaired) electrons. The lowest BCUT2D eigenvalue weighted by atomic mass is 10.0. The van der Waals surface area contributed by atoms with E-state index in [1.54, 1.807) is 13.2 Å². The summed E-state index contributed by atoms with van der Waals surface area (Å²) in [5, 5.41) is 19.7. The Labute approximate surface area is 257 Å². The normalized spacial score (nSPS) is 30.3. The first-order chi connectivity index (χ1) is 21.3. The van der Waals surface area contributed by atoms with E-state index in [9.17, 15) is 24.3 Å². The topological polar surface area (TPSA) is 156 Å². The molecule has 3 amide bonds. The number of allylic oxidation sites excluding steroid dienone is 1. The Balaban J connectivity index is 1.36. The maximum Gasteiger partial charge on any atom is 0.408 e. The van der Waals surface area contributed by atoms with Gasteiger partial charge in [-0.1, -0.05) is 42.3 Å². The fourth-order valence-electron chi connectivity index (χ4n) is 6.42. The molecule has 44 heavy (non-hydrogen) atoms. The van der Waals surface area contributed by atoms with Crippen molar-refractivity contribution in [2.75, 3.05) is 13.7 Å². The Morgan fingerprint density at radius 1 is 1.09 bits per heavy atom. The monoisotopic (exact) mass is 610 g/mol. The molecule has 1 aromatic rings. The molecule has 0 spiro atoms. The van der Waals surface area contributed by atoms with Crippen LogP contribution in [0.4, 0.5) is 4.79 Å². The van der Waals surface area contributed by atoms with Crippen molar-refractivity contribution in [3.63, 3.8) is 0 Å². The van der Waals surface area contributed by atoms with Crippen LogP contribution in [0.15, 0.2) is 41.6 Å². The molecule has 5 rings (SSSR count). The highest BCUT2D eigenvalue weighted by Gasteiger charge is 2.61. The van der Waals surface area contributed by atoms with Crippen LogP contribution in [0.3, 0.4) is 0 Å². The number of carboxylic acids is 1. The molecule has 0 bridgehead atoms. The van der Waals surface area contributed by atoms with Gasteiger partial charge in [0.25, 0.3) is 0 Å². The number of carboxylic acid groups (broad SMARTS) is 1. The van der Waals surface area contributed by atoms with Crippen LogP contribution in [0.5, 0.6) is 5.75 Å². The first kappa shape index (κ1) is 31.3. The Morgan fingerprint density at radius 3 is 2.64 bits per heavy atom. The summed E-state index contributed by atoms with van der Waals surface area (Å²) in [6.45, 7) is 0.0411. The van der Waals surface area contributed by atoms with Crippen LogP contribution in [0.25, 0.3) is 0 Å². The fraction of sp³-hybridized carbons (Fsp3) is 0.594. The molecule has 238 valence electrons. The average molecular weight is 611 g/mol. The number of hydrogen-bond donors (Lipinski definition) is 3. The highest BCUT2D eigenvalue weighted by Crippen LogP contribution is 2.45. The minimum absolute atomic E-state index is 0.0411. The Bertz CT molecular complexity index is 1280. The van der Waals surface area contributed by atoms with E-state index < -0.39 is 47.6 Å². The van der Waals surface area contributed by atoms with Crippen molar-refractivity contribution in [1.82, 2.24) is 15.5 Å². The van der Waals surface area contributed by atoms with Crippen LogP contribution in [-0.4, -0.2) is 83.6 Å². The van der Waals surface area contributed by atoms with E-state index in [1.165, 1.54) is 11.1 Å². The summed E-state index contributed by atoms with van der Waals surface area (Å²) in [6.07, 6.45) is 11.4. The predicted molar refractivity (Wildman–Crippen MR) is 160 cm³/mol. The summed E-state index contributed by atoms with van der Waals surface area (Å²) in [5.74, 6) is -1.82. The van der Waals surface area contributed by atoms with Gasteiger partial charge in [0, 0.05) is 17.9 Å². The number of aliphatic carboxylic acids is 1. The lowest BCUT2D eigenvalue weighted by Gasteiger charge is -2.29. The Morgan fingerprint density at radius 2 is 1.86 bits per heavy atom. The van der Waals surface area contributed by atoms with Gasteiger partial charge in [-0.05, 0) is 63.5 Å². The average Bonchev–Trinajstić information content (AvgIpc) is 3.30. The van der Waals surface area contributed by atoms with Gasteiger partial charge in [0.05, 0.1) is 19.9 Å². The third kappa shape index (κ3) is 7.34. The summed E-state index contributed by atoms with van der Waals surface area (Å²) in [4.78, 5) is 60.0. The van der Waals surface area contributed by atoms with Crippen LogP contribution in [0, 0.1) is 5.92 Å². The van der Waals surface area contributed by atoms with Crippen molar-refractivity contribution < 1.29 is 38.6 Å². The number of rotatable bonds is 7. The van der Waals surface area contributed by atoms with Crippen molar-refractivity contribution in [1.29, 1.82) is 0 Å². The molecule has 3 fully saturated rings. The van der Waals surface area contributed by atoms with E-state index in [2.05, 4.69) is 15.8 Å². The number of carbonyl (C=O) groups is 4. The maximum absolute atomic E-state index is 14.0. The summed E-state index contributed by atoms with van der Waals surface area (Å²) < 4.78 is 10.9. The quantitative estimate of drug-likeness (QED) is 0.241. The number of amides is 3. The van der Waals surface area contributed by atoms with Gasteiger partial charge < -0.3 is 35.0 Å². The first-order valence-electron chi connectivity index (χ1n) is 15.6. The molecule has 2 aliphatic carbocycles. The number of alkyl carbamates (subject to hydrolysis) is 1. The zero-order valence-corrected chi connectivity index (χ0v) is 25.1. The van der Waals surface area contributed by atoms with Gasteiger partial charge in [-0.2, -0.15) is 0 Å². The molecule has 1 unspecified atom stereocenters. The van der Waals surface area contributed by atoms with E-state index in [-0.39, 0.29) is 31.4 Å². The van der Waals surface area contributed by atoms with Gasteiger partial charge >= 0.3 is 12.1 Å². The van der Waals surface area contributed by atoms with Gasteiger partial charge in [-0.3, -0.25) is 9.59 Å². The van der Waals surface area contributed by atoms with Crippen LogP contribution in [0.1, 0.15) is 76.2 Å². The summed E-state index contributed by atoms with van der Waals surface area (Å²) in [7, 11) is 1.55. The Kier molecular flexibility index (Phi) is 10.1. The van der Waals surface area contributed by atoms with E-state index in [4.69, 9.17) is 14.3 Å². The van der Waals surface area contributed by atoms with Gasteiger partial charge in [0.1, 0.15) is 35.6 Å². The van der Waals surface area contributed by atoms with E-state index >= 15 is 0 Å². The second-order valence-corrected chi connectivity index (χ2v) is 12.1. The van der Waals surface area contributed by atoms with Gasteiger partial charge in [0.15, 0.2) is 0 Å². The summed E-state index contributed by atoms with van der Waals surface area (Å²) >= 11 is 0. The molecule has 4 aliphatic rings. The summed E-state index contributed by atoms with van der Waals surface area (Å²) in [6, 6.07) is 5.37. The van der Waals surface area contributed by atoms with Crippen molar-refractivity contribution in [3.8, 4) is 5.75 Å². The molecular formula is C32H42N4O8. The molecule has 5 atom stereocenters. The van der Waals surface area contributed by atoms with Crippen LogP contribution >= 0.6 is 0 Å². The van der Waals surface area contributed by atoms with Crippen molar-refractivity contribution in [3.05, 3.63) is 42.0 Å². The number of benzene rings is 1. The largest absolute Gasteiger partial charge is 0.496 e. The first-order valence-corrected chi connectivity index (χ1v) is 15.6. The number of hydrogen-bond acceptors (Lipinski definition) is 8. The highest BCUT2D eigenvalue weighted by molar-refractivity contribution is 5.96. The molecule has 0 aromatic heterocycles. The second-order valence-electron chi connectivity index (χ2n) is 12.1. The third-order valence-corrected chi connectivity index (χ3v) is 9.03. The molecule has 1 aromatic carbocycles. The Hall–Kier alpha value is -4.09. The number of carbonyl (C=O) groups excluding carboxylic acids is 3. The molecule has 3 N–H and O–H groups in total. The molecular weight excluding hydrogens is 568 g/mol. The lowest BCUT2D eigenvalue weighted by Crippen LogP contribution is -2.56. The number of fused-ring (bicyclic) bond motifs is 2. The van der Waals surface area contributed by atoms with E-state index in [0.29, 0.717) is 24.2 Å². The van der Waals surface area contributed by atoms with E-state index in [0.717, 1.165) is 44.9 Å². The molecule has 2 heterocycles. The third-order valence-electron chi connectivity index (χ3n) is 9.03. The molecule has 2 aliphatic heterocycles. The van der Waals surface area contributed by atoms with Crippen molar-refractivity contribution in [2.24, 2.45) is 11.1 Å². The van der Waals surface area contributed by atoms with Crippen LogP contribution < -0.4 is 15.4 Å². The number of nitrogens with one attached hydrogen (secondary N) is 2. The number of nitrogens with zero attached hydrogens (tertiary/aromatic N) is 2. The SMILES string of the molecule is COc1ccccc1/C=N/O[C@@H]1C[C@H]2C(=O)NC3(C(=O)O)C[C@H]3/C=C\CCCCC[C@H](NC(=O)OC3CCCC3)C(=O)N2C1. The molecule has 1 saturated heterocycles. The zero-order chi connectivity index (χ0) is 31.1. The smallest absolute Gasteiger partial charge is 0.408 e. The number of ether oxygens (including phenoxy) is 2. The highest BCUT2D eigenvalue weighted by atomic mass is 16.6. The standard InChI is InChI=1S/C32H42N4O8/c1-42-27-16-10-7-11-21(27)19-33-44-24-17-26-28(37)35-32(30(39)40)18-22(32)12-5-3-2-4-6-15-25(29(38)36(26)20-24)34-31(41)43-23-13-8-9-14-23/h5,7,10-12,16,19,22-26H,2-4,6,8-9,13-15,17-18,20H2,1H3,(H,34,41)(H,35,37)(H,39,40)/b12-5-,33-19+/t22-,24-,25+,26+,32?/m1/s1. The molecule has 2 saturated carbocycles. The lowest BCUT2D eigenvalue weighted by molar-refractivity contribution is -0.145. The minimum Gasteiger partial charge on any atom is -0.496 e. The number of oxime groups is 1. The van der Waals surface area contributed by atoms with E-state index in [1.807, 2.05) is 30.4 Å². The molecule has 12 nitrogen and oxygen atoms in total. The van der Waals surface area contributed by atoms with Crippen LogP contribution in [-0.2, 0) is 24.0 Å². The minimum atomic E-state index is -1.41. The summed E-state index contributed by atoms with van der Waals surface area (Å²) in [5.41, 5.74) is -0.718. The predicted octanol–water partition coefficient (Wildman–Crippen LogP) is 3.53. The number of methoxy groups -OCH3 is 1. The second kappa shape index (κ2) is 14.1. The van der Waals surface area contributed by atoms with Crippen LogP contribution in [0.2, 0.25) is 0 Å². The van der Waals surface area contributed by atoms with Gasteiger partial charge in [0.2, 0.25) is 11.8 Å². The van der Waals surface area contributed by atoms with Gasteiger partial charge in [-0.25, -0.2) is 9.59 Å². The van der Waals surface area contributed by atoms with Crippen molar-refractivity contribution in [2.45, 2.75) is 100 Å². The number of para-hydroxylation sites is 1. The fourth-order valence-corrected chi connectivity index (χ4v) is 6.42. The van der Waals surface area contributed by atoms with Gasteiger partial charge in [-0.15, -0.1) is 0 Å². The van der Waals surface area contributed by atoms with Crippen molar-refractivity contribution >= 4 is 30.1 Å². The maximum atomic E-state index is 14.0.